The molecule has 0 atom stereocenters. The van der Waals surface area contributed by atoms with E-state index in [0.29, 0.717) is 13.0 Å². The van der Waals surface area contributed by atoms with Gasteiger partial charge < -0.3 is 0 Å². The maximum absolute atomic E-state index is 11.7. The summed E-state index contributed by atoms with van der Waals surface area (Å²) in [5.74, 6) is -0.957. The molecule has 0 saturated heterocycles. The van der Waals surface area contributed by atoms with E-state index in [1.165, 1.54) is 5.01 Å². The predicted octanol–water partition coefficient (Wildman–Crippen LogP) is 0.668. The molecule has 0 radical (unpaired) electrons. The number of hydrogen-bond acceptors (Lipinski definition) is 4. The molecule has 2 rings (SSSR count). The molecule has 1 heterocycles. The number of benzene rings is 1. The van der Waals surface area contributed by atoms with E-state index in [2.05, 4.69) is 5.10 Å². The molecule has 1 amide bonds. The van der Waals surface area contributed by atoms with E-state index in [9.17, 15) is 13.2 Å². The highest BCUT2D eigenvalue weighted by atomic mass is 32.2. The van der Waals surface area contributed by atoms with E-state index in [0.717, 1.165) is 17.5 Å². The summed E-state index contributed by atoms with van der Waals surface area (Å²) >= 11 is 0. The molecule has 0 fully saturated rings. The van der Waals surface area contributed by atoms with Crippen molar-refractivity contribution in [2.75, 3.05) is 18.6 Å². The summed E-state index contributed by atoms with van der Waals surface area (Å²) in [4.78, 5) is 11.7. The quantitative estimate of drug-likeness (QED) is 0.807. The number of hydrazone groups is 1. The highest BCUT2D eigenvalue weighted by Crippen LogP contribution is 2.13. The molecule has 18 heavy (non-hydrogen) atoms. The summed E-state index contributed by atoms with van der Waals surface area (Å²) in [6, 6.07) is 9.55. The van der Waals surface area contributed by atoms with Gasteiger partial charge in [0.25, 0.3) is 5.91 Å². The maximum Gasteiger partial charge on any atom is 0.257 e. The van der Waals surface area contributed by atoms with Gasteiger partial charge in [-0.05, 0) is 5.56 Å². The topological polar surface area (TPSA) is 66.8 Å². The van der Waals surface area contributed by atoms with Gasteiger partial charge in [0.15, 0.2) is 9.84 Å². The van der Waals surface area contributed by atoms with Crippen LogP contribution in [0.1, 0.15) is 12.0 Å². The zero-order chi connectivity index (χ0) is 13.2. The van der Waals surface area contributed by atoms with Gasteiger partial charge in [0, 0.05) is 12.7 Å². The molecule has 6 heteroatoms. The van der Waals surface area contributed by atoms with Crippen LogP contribution in [-0.4, -0.2) is 43.6 Å². The molecule has 0 aliphatic carbocycles. The van der Waals surface area contributed by atoms with Gasteiger partial charge in [-0.2, -0.15) is 5.10 Å². The molecule has 0 aromatic heterocycles. The monoisotopic (exact) mass is 266 g/mol. The summed E-state index contributed by atoms with van der Waals surface area (Å²) in [5, 5.41) is 5.42. The first kappa shape index (κ1) is 12.8. The fraction of sp³-hybridized carbons (Fsp3) is 0.333. The smallest absolute Gasteiger partial charge is 0.257 e. The van der Waals surface area contributed by atoms with Crippen molar-refractivity contribution >= 4 is 21.5 Å². The molecular weight excluding hydrogens is 252 g/mol. The van der Waals surface area contributed by atoms with Gasteiger partial charge >= 0.3 is 0 Å². The van der Waals surface area contributed by atoms with E-state index in [1.54, 1.807) is 0 Å². The fourth-order valence-electron chi connectivity index (χ4n) is 1.77. The zero-order valence-electron chi connectivity index (χ0n) is 10.0. The Morgan fingerprint density at radius 2 is 2.00 bits per heavy atom. The second-order valence-electron chi connectivity index (χ2n) is 4.25. The molecule has 1 aliphatic heterocycles. The lowest BCUT2D eigenvalue weighted by Crippen LogP contribution is -2.29. The Labute approximate surface area is 106 Å². The van der Waals surface area contributed by atoms with Crippen LogP contribution in [0.15, 0.2) is 35.4 Å². The van der Waals surface area contributed by atoms with Crippen molar-refractivity contribution in [3.05, 3.63) is 35.9 Å². The van der Waals surface area contributed by atoms with Gasteiger partial charge in [-0.3, -0.25) is 4.79 Å². The Bertz CT molecular complexity index is 579. The molecule has 1 aromatic rings. The van der Waals surface area contributed by atoms with Crippen molar-refractivity contribution in [2.45, 2.75) is 6.42 Å². The maximum atomic E-state index is 11.7. The molecule has 0 spiro atoms. The van der Waals surface area contributed by atoms with E-state index >= 15 is 0 Å². The molecule has 0 bridgehead atoms. The predicted molar refractivity (Wildman–Crippen MR) is 69.0 cm³/mol. The first-order chi connectivity index (χ1) is 8.46. The number of carbonyl (C=O) groups is 1. The number of amides is 1. The fourth-order valence-corrected chi connectivity index (χ4v) is 2.37. The Kier molecular flexibility index (Phi) is 3.47. The average molecular weight is 266 g/mol. The molecule has 0 unspecified atom stereocenters. The largest absolute Gasteiger partial charge is 0.272 e. The van der Waals surface area contributed by atoms with Crippen LogP contribution < -0.4 is 0 Å². The minimum atomic E-state index is -3.30. The van der Waals surface area contributed by atoms with Gasteiger partial charge in [-0.15, -0.1) is 0 Å². The molecule has 0 N–H and O–H groups in total. The number of sulfone groups is 1. The van der Waals surface area contributed by atoms with Gasteiger partial charge in [-0.25, -0.2) is 13.4 Å². The second kappa shape index (κ2) is 4.89. The van der Waals surface area contributed by atoms with Crippen LogP contribution in [0.4, 0.5) is 0 Å². The molecule has 1 aliphatic rings. The van der Waals surface area contributed by atoms with Crippen LogP contribution in [0.3, 0.4) is 0 Å². The van der Waals surface area contributed by atoms with Gasteiger partial charge in [-0.1, -0.05) is 30.3 Å². The third-order valence-electron chi connectivity index (χ3n) is 2.58. The van der Waals surface area contributed by atoms with E-state index in [-0.39, 0.29) is 0 Å². The van der Waals surface area contributed by atoms with Crippen molar-refractivity contribution in [3.8, 4) is 0 Å². The van der Waals surface area contributed by atoms with Crippen molar-refractivity contribution in [3.63, 3.8) is 0 Å². The average Bonchev–Trinajstić information content (AvgIpc) is 2.77. The molecular formula is C12H14N2O3S. The normalized spacial score (nSPS) is 15.6. The highest BCUT2D eigenvalue weighted by molar-refractivity contribution is 7.91. The lowest BCUT2D eigenvalue weighted by atomic mass is 10.1. The Morgan fingerprint density at radius 3 is 2.61 bits per heavy atom. The summed E-state index contributed by atoms with van der Waals surface area (Å²) in [6.45, 7) is 0.443. The highest BCUT2D eigenvalue weighted by Gasteiger charge is 2.23. The third kappa shape index (κ3) is 3.16. The first-order valence-corrected chi connectivity index (χ1v) is 7.63. The first-order valence-electron chi connectivity index (χ1n) is 5.57. The van der Waals surface area contributed by atoms with Crippen molar-refractivity contribution in [1.82, 2.24) is 5.01 Å². The van der Waals surface area contributed by atoms with Crippen molar-refractivity contribution < 1.29 is 13.2 Å². The number of hydrogen-bond donors (Lipinski definition) is 0. The molecule has 0 saturated carbocycles. The minimum Gasteiger partial charge on any atom is -0.272 e. The lowest BCUT2D eigenvalue weighted by Gasteiger charge is -2.09. The summed E-state index contributed by atoms with van der Waals surface area (Å²) in [5.41, 5.74) is 1.78. The molecule has 5 nitrogen and oxygen atoms in total. The van der Waals surface area contributed by atoms with Crippen LogP contribution in [-0.2, 0) is 14.6 Å². The number of nitrogens with zero attached hydrogens (tertiary/aromatic N) is 2. The SMILES string of the molecule is CS(=O)(=O)CC(=O)N1CCC(c2ccccc2)=N1. The minimum absolute atomic E-state index is 0.443. The standard InChI is InChI=1S/C12H14N2O3S/c1-18(16,17)9-12(15)14-8-7-11(13-14)10-5-3-2-4-6-10/h2-6H,7-9H2,1H3. The van der Waals surface area contributed by atoms with Crippen LogP contribution >= 0.6 is 0 Å². The number of carbonyl (C=O) groups excluding carboxylic acids is 1. The third-order valence-corrected chi connectivity index (χ3v) is 3.35. The van der Waals surface area contributed by atoms with Crippen LogP contribution in [0, 0.1) is 0 Å². The Hall–Kier alpha value is -1.69. The van der Waals surface area contributed by atoms with Crippen LogP contribution in [0.2, 0.25) is 0 Å². The summed E-state index contributed by atoms with van der Waals surface area (Å²) in [6.07, 6.45) is 1.70. The van der Waals surface area contributed by atoms with Crippen molar-refractivity contribution in [2.24, 2.45) is 5.10 Å². The summed E-state index contributed by atoms with van der Waals surface area (Å²) < 4.78 is 22.1. The van der Waals surface area contributed by atoms with Crippen LogP contribution in [0.25, 0.3) is 0 Å². The number of rotatable bonds is 3. The van der Waals surface area contributed by atoms with E-state index in [1.807, 2.05) is 30.3 Å². The van der Waals surface area contributed by atoms with E-state index < -0.39 is 21.5 Å². The Balaban J connectivity index is 2.11. The zero-order valence-corrected chi connectivity index (χ0v) is 10.9. The van der Waals surface area contributed by atoms with Crippen LogP contribution in [0.5, 0.6) is 0 Å². The Morgan fingerprint density at radius 1 is 1.33 bits per heavy atom. The van der Waals surface area contributed by atoms with Gasteiger partial charge in [0.2, 0.25) is 0 Å². The van der Waals surface area contributed by atoms with Gasteiger partial charge in [0.05, 0.1) is 12.3 Å². The lowest BCUT2D eigenvalue weighted by molar-refractivity contribution is -0.127. The molecule has 1 aromatic carbocycles. The van der Waals surface area contributed by atoms with E-state index in [4.69, 9.17) is 0 Å². The van der Waals surface area contributed by atoms with Gasteiger partial charge in [0.1, 0.15) is 5.75 Å². The molecule has 96 valence electrons. The second-order valence-corrected chi connectivity index (χ2v) is 6.39. The summed E-state index contributed by atoms with van der Waals surface area (Å²) in [7, 11) is -3.30. The van der Waals surface area contributed by atoms with Crippen molar-refractivity contribution in [1.29, 1.82) is 0 Å².